The van der Waals surface area contributed by atoms with Crippen molar-refractivity contribution in [3.63, 3.8) is 0 Å². The van der Waals surface area contributed by atoms with E-state index in [0.29, 0.717) is 9.87 Å². The number of nitrogens with one attached hydrogen (secondary N) is 1. The van der Waals surface area contributed by atoms with Crippen molar-refractivity contribution in [2.24, 2.45) is 0 Å². The van der Waals surface area contributed by atoms with Crippen LogP contribution in [-0.2, 0) is 4.74 Å². The van der Waals surface area contributed by atoms with Gasteiger partial charge in [0.2, 0.25) is 9.87 Å². The summed E-state index contributed by atoms with van der Waals surface area (Å²) in [5.74, 6) is 0. The third-order valence-electron chi connectivity index (χ3n) is 2.52. The Morgan fingerprint density at radius 1 is 1.47 bits per heavy atom. The predicted octanol–water partition coefficient (Wildman–Crippen LogP) is -0.806. The van der Waals surface area contributed by atoms with Gasteiger partial charge < -0.3 is 25.4 Å². The smallest absolute Gasteiger partial charge is 0.210 e. The first-order valence-corrected chi connectivity index (χ1v) is 6.53. The van der Waals surface area contributed by atoms with E-state index in [1.54, 1.807) is 0 Å². The van der Waals surface area contributed by atoms with Gasteiger partial charge in [-0.15, -0.1) is 0 Å². The van der Waals surface area contributed by atoms with E-state index in [2.05, 4.69) is 30.6 Å². The van der Waals surface area contributed by atoms with Gasteiger partial charge in [-0.3, -0.25) is 0 Å². The van der Waals surface area contributed by atoms with Crippen molar-refractivity contribution in [1.82, 2.24) is 9.36 Å². The fourth-order valence-corrected chi connectivity index (χ4v) is 2.64. The van der Waals surface area contributed by atoms with Gasteiger partial charge in [0.25, 0.3) is 0 Å². The quantitative estimate of drug-likeness (QED) is 0.576. The Hall–Kier alpha value is -0.320. The van der Waals surface area contributed by atoms with Crippen LogP contribution >= 0.6 is 27.5 Å². The zero-order valence-electron chi connectivity index (χ0n) is 8.65. The second-order valence-corrected chi connectivity index (χ2v) is 5.12. The van der Waals surface area contributed by atoms with E-state index in [1.807, 2.05) is 0 Å². The molecule has 17 heavy (non-hydrogen) atoms. The lowest BCUT2D eigenvalue weighted by Gasteiger charge is -2.36. The fourth-order valence-electron chi connectivity index (χ4n) is 1.59. The highest BCUT2D eigenvalue weighted by Crippen LogP contribution is 2.21. The minimum atomic E-state index is -1.12. The molecule has 0 aliphatic carbocycles. The molecular formula is C8H12BrN3O4S. The molecule has 4 N–H and O–H groups in total. The average Bonchev–Trinajstić information content (AvgIpc) is 2.71. The van der Waals surface area contributed by atoms with Crippen LogP contribution in [0.15, 0.2) is 4.73 Å². The van der Waals surface area contributed by atoms with Gasteiger partial charge in [-0.25, -0.2) is 0 Å². The lowest BCUT2D eigenvalue weighted by molar-refractivity contribution is -0.152. The van der Waals surface area contributed by atoms with Gasteiger partial charge in [0, 0.05) is 11.5 Å². The molecule has 1 aliphatic heterocycles. The highest BCUT2D eigenvalue weighted by molar-refractivity contribution is 9.10. The van der Waals surface area contributed by atoms with Crippen LogP contribution in [0.3, 0.4) is 0 Å². The normalized spacial score (nSPS) is 33.6. The minimum Gasteiger partial charge on any atom is -0.394 e. The van der Waals surface area contributed by atoms with Crippen LogP contribution < -0.4 is 5.32 Å². The Labute approximate surface area is 110 Å². The van der Waals surface area contributed by atoms with Crippen LogP contribution in [0.5, 0.6) is 0 Å². The van der Waals surface area contributed by atoms with Gasteiger partial charge in [-0.1, -0.05) is 0 Å². The minimum absolute atomic E-state index is 0.181. The zero-order valence-corrected chi connectivity index (χ0v) is 11.1. The lowest BCUT2D eigenvalue weighted by Crippen LogP contribution is -2.56. The molecule has 96 valence electrons. The number of rotatable bonds is 3. The number of aliphatic hydroxyl groups excluding tert-OH is 3. The Morgan fingerprint density at radius 2 is 2.24 bits per heavy atom. The highest BCUT2D eigenvalue weighted by atomic mass is 79.9. The van der Waals surface area contributed by atoms with Crippen LogP contribution in [-0.4, -0.2) is 62.2 Å². The molecule has 0 radical (unpaired) electrons. The van der Waals surface area contributed by atoms with Crippen molar-refractivity contribution in [3.05, 3.63) is 4.73 Å². The molecule has 0 amide bonds. The zero-order chi connectivity index (χ0) is 12.4. The Kier molecular flexibility index (Phi) is 4.28. The highest BCUT2D eigenvalue weighted by Gasteiger charge is 2.38. The third kappa shape index (κ3) is 2.92. The van der Waals surface area contributed by atoms with Gasteiger partial charge >= 0.3 is 0 Å². The van der Waals surface area contributed by atoms with E-state index in [-0.39, 0.29) is 13.2 Å². The standard InChI is InChI=1S/C8H12BrN3O4S/c9-7-11-8(17-12-7)10-3-2-16-4(1-13)6(15)5(3)14/h3-6,13-15H,1-2H2,(H,10,11,12)/t3-,4+,5+,6-/m0/s1. The van der Waals surface area contributed by atoms with Gasteiger partial charge in [-0.2, -0.15) is 9.36 Å². The van der Waals surface area contributed by atoms with Crippen molar-refractivity contribution in [2.45, 2.75) is 24.4 Å². The first kappa shape index (κ1) is 13.1. The molecule has 1 aromatic rings. The van der Waals surface area contributed by atoms with Crippen molar-refractivity contribution in [3.8, 4) is 0 Å². The first-order chi connectivity index (χ1) is 8.11. The molecule has 4 atom stereocenters. The summed E-state index contributed by atoms with van der Waals surface area (Å²) in [4.78, 5) is 4.02. The van der Waals surface area contributed by atoms with Crippen LogP contribution in [0, 0.1) is 0 Å². The number of halogens is 1. The van der Waals surface area contributed by atoms with E-state index in [9.17, 15) is 10.2 Å². The first-order valence-electron chi connectivity index (χ1n) is 4.96. The summed E-state index contributed by atoms with van der Waals surface area (Å²) in [7, 11) is 0. The van der Waals surface area contributed by atoms with Gasteiger partial charge in [0.05, 0.1) is 19.3 Å². The summed E-state index contributed by atoms with van der Waals surface area (Å²) < 4.78 is 9.60. The number of hydrogen-bond donors (Lipinski definition) is 4. The summed E-state index contributed by atoms with van der Waals surface area (Å²) in [5, 5.41) is 31.9. The molecule has 0 saturated carbocycles. The second-order valence-electron chi connectivity index (χ2n) is 3.65. The van der Waals surface area contributed by atoms with Crippen LogP contribution in [0.2, 0.25) is 0 Å². The molecule has 2 rings (SSSR count). The van der Waals surface area contributed by atoms with E-state index >= 15 is 0 Å². The van der Waals surface area contributed by atoms with Crippen LogP contribution in [0.1, 0.15) is 0 Å². The Bertz CT molecular complexity index is 379. The number of anilines is 1. The SMILES string of the molecule is OC[C@H]1OC[C@H](Nc2nc(Br)ns2)[C@@H](O)[C@H]1O. The number of hydrogen-bond acceptors (Lipinski definition) is 8. The van der Waals surface area contributed by atoms with Crippen molar-refractivity contribution < 1.29 is 20.1 Å². The number of nitrogens with zero attached hydrogens (tertiary/aromatic N) is 2. The maximum absolute atomic E-state index is 9.85. The van der Waals surface area contributed by atoms with Crippen LogP contribution in [0.4, 0.5) is 5.13 Å². The monoisotopic (exact) mass is 325 g/mol. The molecule has 0 aromatic carbocycles. The summed E-state index contributed by atoms with van der Waals surface area (Å²) >= 11 is 4.25. The summed E-state index contributed by atoms with van der Waals surface area (Å²) in [6, 6.07) is -0.479. The number of aromatic nitrogens is 2. The summed E-state index contributed by atoms with van der Waals surface area (Å²) in [5.41, 5.74) is 0. The Morgan fingerprint density at radius 3 is 2.82 bits per heavy atom. The summed E-state index contributed by atoms with van der Waals surface area (Å²) in [6.45, 7) is -0.143. The maximum atomic E-state index is 9.85. The summed E-state index contributed by atoms with van der Waals surface area (Å²) in [6.07, 6.45) is -2.89. The van der Waals surface area contributed by atoms with E-state index in [1.165, 1.54) is 0 Å². The number of ether oxygens (including phenoxy) is 1. The third-order valence-corrected chi connectivity index (χ3v) is 3.76. The van der Waals surface area contributed by atoms with Crippen molar-refractivity contribution in [2.75, 3.05) is 18.5 Å². The number of aliphatic hydroxyl groups is 3. The molecular weight excluding hydrogens is 314 g/mol. The molecule has 0 spiro atoms. The second kappa shape index (κ2) is 5.55. The van der Waals surface area contributed by atoms with Gasteiger partial charge in [-0.05, 0) is 15.9 Å². The molecule has 7 nitrogen and oxygen atoms in total. The maximum Gasteiger partial charge on any atom is 0.210 e. The van der Waals surface area contributed by atoms with Crippen molar-refractivity contribution in [1.29, 1.82) is 0 Å². The van der Waals surface area contributed by atoms with Crippen molar-refractivity contribution >= 4 is 32.6 Å². The fraction of sp³-hybridized carbons (Fsp3) is 0.750. The van der Waals surface area contributed by atoms with Gasteiger partial charge in [0.1, 0.15) is 18.3 Å². The molecule has 0 bridgehead atoms. The molecule has 2 heterocycles. The van der Waals surface area contributed by atoms with E-state index < -0.39 is 24.4 Å². The molecule has 1 aliphatic rings. The molecule has 9 heteroatoms. The molecule has 1 aromatic heterocycles. The largest absolute Gasteiger partial charge is 0.394 e. The predicted molar refractivity (Wildman–Crippen MR) is 63.9 cm³/mol. The Balaban J connectivity index is 1.98. The van der Waals surface area contributed by atoms with E-state index in [0.717, 1.165) is 11.5 Å². The molecule has 0 unspecified atom stereocenters. The van der Waals surface area contributed by atoms with Crippen LogP contribution in [0.25, 0.3) is 0 Å². The van der Waals surface area contributed by atoms with E-state index in [4.69, 9.17) is 9.84 Å². The molecule has 1 saturated heterocycles. The lowest BCUT2D eigenvalue weighted by atomic mass is 9.99. The molecule has 1 fully saturated rings. The topological polar surface area (TPSA) is 108 Å². The van der Waals surface area contributed by atoms with Gasteiger partial charge in [0.15, 0.2) is 0 Å². The average molecular weight is 326 g/mol.